The van der Waals surface area contributed by atoms with Crippen LogP contribution in [0.25, 0.3) is 11.4 Å². The van der Waals surface area contributed by atoms with Gasteiger partial charge in [0.05, 0.1) is 19.0 Å². The van der Waals surface area contributed by atoms with Gasteiger partial charge in [-0.05, 0) is 49.9 Å². The first-order valence-electron chi connectivity index (χ1n) is 10.9. The minimum absolute atomic E-state index is 0.362. The molecule has 0 aromatic carbocycles. The second kappa shape index (κ2) is 10.1. The molecule has 0 saturated carbocycles. The van der Waals surface area contributed by atoms with Gasteiger partial charge in [0, 0.05) is 31.7 Å². The molecule has 1 atom stereocenters. The lowest BCUT2D eigenvalue weighted by atomic mass is 9.92. The molecule has 2 aromatic rings. The Bertz CT molecular complexity index is 812. The molecule has 1 saturated heterocycles. The summed E-state index contributed by atoms with van der Waals surface area (Å²) in [5.74, 6) is 0.735. The Kier molecular flexibility index (Phi) is 7.77. The van der Waals surface area contributed by atoms with E-state index < -0.39 is 0 Å². The van der Waals surface area contributed by atoms with Gasteiger partial charge in [-0.2, -0.15) is 5.10 Å². The monoisotopic (exact) mass is 433 g/mol. The van der Waals surface area contributed by atoms with E-state index >= 15 is 0 Å². The number of aromatic nitrogens is 3. The molecule has 1 aliphatic rings. The predicted octanol–water partition coefficient (Wildman–Crippen LogP) is 4.52. The summed E-state index contributed by atoms with van der Waals surface area (Å²) in [4.78, 5) is 7.05. The number of aryl methyl sites for hydroxylation is 1. The van der Waals surface area contributed by atoms with Gasteiger partial charge >= 0.3 is 0 Å². The van der Waals surface area contributed by atoms with Crippen LogP contribution in [-0.2, 0) is 13.6 Å². The lowest BCUT2D eigenvalue weighted by molar-refractivity contribution is 0.246. The Morgan fingerprint density at radius 1 is 1.27 bits per heavy atom. The van der Waals surface area contributed by atoms with Gasteiger partial charge in [-0.3, -0.25) is 14.6 Å². The number of ether oxygens (including phenoxy) is 1. The number of hydrogen-bond donors (Lipinski definition) is 1. The van der Waals surface area contributed by atoms with Crippen LogP contribution in [0.5, 0.6) is 5.75 Å². The zero-order chi connectivity index (χ0) is 21.7. The van der Waals surface area contributed by atoms with Gasteiger partial charge < -0.3 is 10.1 Å². The maximum Gasteiger partial charge on any atom is 0.137 e. The second-order valence-corrected chi connectivity index (χ2v) is 9.88. The summed E-state index contributed by atoms with van der Waals surface area (Å²) >= 11 is 6.66. The molecule has 0 spiro atoms. The fourth-order valence-electron chi connectivity index (χ4n) is 3.94. The average Bonchev–Trinajstić information content (AvgIpc) is 2.86. The molecule has 7 heteroatoms. The van der Waals surface area contributed by atoms with Gasteiger partial charge in [0.1, 0.15) is 16.6 Å². The summed E-state index contributed by atoms with van der Waals surface area (Å²) < 4.78 is 6.98. The number of hydrogen-bond acceptors (Lipinski definition) is 5. The second-order valence-electron chi connectivity index (χ2n) is 9.52. The standard InChI is InChI=1S/C23H36ClN5O/c1-23(2,3)11-12-25-17-8-6-7-13-29(15-17)16-19-21(27-28(4)22(19)24)20-10-9-18(30-5)14-26-20/h9-10,14,17,25H,6-8,11-13,15-16H2,1-5H3. The van der Waals surface area contributed by atoms with E-state index in [4.69, 9.17) is 16.3 Å². The van der Waals surface area contributed by atoms with Crippen LogP contribution in [0, 0.1) is 5.41 Å². The minimum Gasteiger partial charge on any atom is -0.495 e. The van der Waals surface area contributed by atoms with Crippen LogP contribution in [0.1, 0.15) is 52.0 Å². The van der Waals surface area contributed by atoms with Crippen LogP contribution in [0.2, 0.25) is 5.15 Å². The molecular formula is C23H36ClN5O. The molecule has 0 amide bonds. The highest BCUT2D eigenvalue weighted by Crippen LogP contribution is 2.30. The van der Waals surface area contributed by atoms with E-state index in [1.54, 1.807) is 18.0 Å². The zero-order valence-electron chi connectivity index (χ0n) is 19.0. The van der Waals surface area contributed by atoms with E-state index in [2.05, 4.69) is 41.1 Å². The highest BCUT2D eigenvalue weighted by atomic mass is 35.5. The molecular weight excluding hydrogens is 398 g/mol. The Morgan fingerprint density at radius 3 is 2.73 bits per heavy atom. The minimum atomic E-state index is 0.362. The SMILES string of the molecule is COc1ccc(-c2nn(C)c(Cl)c2CN2CCCCC(NCCC(C)(C)C)C2)nc1. The molecule has 3 rings (SSSR count). The third-order valence-electron chi connectivity index (χ3n) is 5.73. The number of pyridine rings is 1. The van der Waals surface area contributed by atoms with Gasteiger partial charge in [0.15, 0.2) is 0 Å². The lowest BCUT2D eigenvalue weighted by Crippen LogP contribution is -2.40. The highest BCUT2D eigenvalue weighted by molar-refractivity contribution is 6.30. The maximum atomic E-state index is 6.66. The normalized spacial score (nSPS) is 18.4. The number of likely N-dealkylation sites (tertiary alicyclic amines) is 1. The molecule has 1 N–H and O–H groups in total. The number of nitrogens with zero attached hydrogens (tertiary/aromatic N) is 4. The fourth-order valence-corrected chi connectivity index (χ4v) is 4.13. The quantitative estimate of drug-likeness (QED) is 0.695. The fraction of sp³-hybridized carbons (Fsp3) is 0.652. The predicted molar refractivity (Wildman–Crippen MR) is 123 cm³/mol. The number of halogens is 1. The van der Waals surface area contributed by atoms with Crippen LogP contribution < -0.4 is 10.1 Å². The van der Waals surface area contributed by atoms with Crippen molar-refractivity contribution in [3.63, 3.8) is 0 Å². The van der Waals surface area contributed by atoms with Crippen molar-refractivity contribution in [3.8, 4) is 17.1 Å². The highest BCUT2D eigenvalue weighted by Gasteiger charge is 2.23. The molecule has 0 radical (unpaired) electrons. The largest absolute Gasteiger partial charge is 0.495 e. The third kappa shape index (κ3) is 6.19. The molecule has 2 aromatic heterocycles. The van der Waals surface area contributed by atoms with Crippen LogP contribution >= 0.6 is 11.6 Å². The summed E-state index contributed by atoms with van der Waals surface area (Å²) in [5.41, 5.74) is 3.09. The Hall–Kier alpha value is -1.63. The summed E-state index contributed by atoms with van der Waals surface area (Å²) in [6, 6.07) is 4.38. The Balaban J connectivity index is 1.72. The first-order valence-corrected chi connectivity index (χ1v) is 11.3. The summed E-state index contributed by atoms with van der Waals surface area (Å²) in [6.07, 6.45) is 6.62. The van der Waals surface area contributed by atoms with Gasteiger partial charge in [-0.25, -0.2) is 0 Å². The average molecular weight is 434 g/mol. The van der Waals surface area contributed by atoms with Gasteiger partial charge in [-0.1, -0.05) is 38.8 Å². The number of nitrogens with one attached hydrogen (secondary N) is 1. The molecule has 0 aliphatic carbocycles. The van der Waals surface area contributed by atoms with Gasteiger partial charge in [0.25, 0.3) is 0 Å². The van der Waals surface area contributed by atoms with Crippen LogP contribution in [-0.4, -0.2) is 52.5 Å². The topological polar surface area (TPSA) is 55.2 Å². The van der Waals surface area contributed by atoms with Crippen molar-refractivity contribution in [1.82, 2.24) is 25.0 Å². The lowest BCUT2D eigenvalue weighted by Gasteiger charge is -2.26. The van der Waals surface area contributed by atoms with Crippen molar-refractivity contribution < 1.29 is 4.74 Å². The van der Waals surface area contributed by atoms with Crippen molar-refractivity contribution in [2.45, 2.75) is 59.0 Å². The maximum absolute atomic E-state index is 6.66. The van der Waals surface area contributed by atoms with E-state index in [9.17, 15) is 0 Å². The van der Waals surface area contributed by atoms with E-state index in [1.807, 2.05) is 19.2 Å². The number of methoxy groups -OCH3 is 1. The summed E-state index contributed by atoms with van der Waals surface area (Å²) in [7, 11) is 3.53. The van der Waals surface area contributed by atoms with Crippen molar-refractivity contribution in [2.24, 2.45) is 12.5 Å². The molecule has 166 valence electrons. The molecule has 1 unspecified atom stereocenters. The van der Waals surface area contributed by atoms with Crippen LogP contribution in [0.3, 0.4) is 0 Å². The van der Waals surface area contributed by atoms with E-state index in [0.717, 1.165) is 48.9 Å². The van der Waals surface area contributed by atoms with E-state index in [1.165, 1.54) is 25.7 Å². The first-order chi connectivity index (χ1) is 14.3. The van der Waals surface area contributed by atoms with Crippen molar-refractivity contribution in [2.75, 3.05) is 26.7 Å². The van der Waals surface area contributed by atoms with E-state index in [0.29, 0.717) is 16.6 Å². The summed E-state index contributed by atoms with van der Waals surface area (Å²) in [6.45, 7) is 10.9. The molecule has 6 nitrogen and oxygen atoms in total. The van der Waals surface area contributed by atoms with Crippen molar-refractivity contribution >= 4 is 11.6 Å². The summed E-state index contributed by atoms with van der Waals surface area (Å²) in [5, 5.41) is 9.13. The smallest absolute Gasteiger partial charge is 0.137 e. The van der Waals surface area contributed by atoms with Crippen LogP contribution in [0.15, 0.2) is 18.3 Å². The van der Waals surface area contributed by atoms with E-state index in [-0.39, 0.29) is 0 Å². The van der Waals surface area contributed by atoms with Crippen molar-refractivity contribution in [3.05, 3.63) is 29.0 Å². The third-order valence-corrected chi connectivity index (χ3v) is 6.20. The first kappa shape index (κ1) is 23.0. The molecule has 1 fully saturated rings. The Morgan fingerprint density at radius 2 is 2.07 bits per heavy atom. The molecule has 3 heterocycles. The Labute approximate surface area is 186 Å². The molecule has 30 heavy (non-hydrogen) atoms. The number of rotatable bonds is 7. The zero-order valence-corrected chi connectivity index (χ0v) is 19.8. The molecule has 0 bridgehead atoms. The van der Waals surface area contributed by atoms with Gasteiger partial charge in [-0.15, -0.1) is 0 Å². The van der Waals surface area contributed by atoms with Crippen molar-refractivity contribution in [1.29, 1.82) is 0 Å². The van der Waals surface area contributed by atoms with Gasteiger partial charge in [0.2, 0.25) is 0 Å². The molecule has 1 aliphatic heterocycles. The van der Waals surface area contributed by atoms with Crippen LogP contribution in [0.4, 0.5) is 0 Å².